The summed E-state index contributed by atoms with van der Waals surface area (Å²) in [5.41, 5.74) is 7.17. The Kier molecular flexibility index (Phi) is 5.26. The van der Waals surface area contributed by atoms with Gasteiger partial charge in [0, 0.05) is 18.1 Å². The maximum Gasteiger partial charge on any atom is 0.161 e. The van der Waals surface area contributed by atoms with E-state index in [9.17, 15) is 0 Å². The standard InChI is InChI=1S/C16H26N2O2/c1-11(18-14-7-5-13(17)6-8-14)12-4-9-15(19-2)16(10-12)20-3/h4,9-11,13-14,18H,5-8,17H2,1-3H3. The van der Waals surface area contributed by atoms with Gasteiger partial charge < -0.3 is 20.5 Å². The van der Waals surface area contributed by atoms with Crippen LogP contribution in [0.2, 0.25) is 0 Å². The number of nitrogens with one attached hydrogen (secondary N) is 1. The van der Waals surface area contributed by atoms with E-state index >= 15 is 0 Å². The van der Waals surface area contributed by atoms with Crippen LogP contribution in [-0.4, -0.2) is 26.3 Å². The lowest BCUT2D eigenvalue weighted by molar-refractivity contribution is 0.321. The summed E-state index contributed by atoms with van der Waals surface area (Å²) in [6, 6.07) is 7.36. The smallest absolute Gasteiger partial charge is 0.161 e. The Morgan fingerprint density at radius 2 is 1.75 bits per heavy atom. The van der Waals surface area contributed by atoms with Gasteiger partial charge in [0.1, 0.15) is 0 Å². The maximum absolute atomic E-state index is 5.95. The van der Waals surface area contributed by atoms with E-state index in [1.54, 1.807) is 14.2 Å². The van der Waals surface area contributed by atoms with Crippen LogP contribution < -0.4 is 20.5 Å². The van der Waals surface area contributed by atoms with Crippen molar-refractivity contribution in [3.8, 4) is 11.5 Å². The molecule has 112 valence electrons. The minimum Gasteiger partial charge on any atom is -0.493 e. The molecular formula is C16H26N2O2. The van der Waals surface area contributed by atoms with Gasteiger partial charge in [-0.15, -0.1) is 0 Å². The van der Waals surface area contributed by atoms with Gasteiger partial charge in [-0.25, -0.2) is 0 Å². The summed E-state index contributed by atoms with van der Waals surface area (Å²) in [6.45, 7) is 2.19. The van der Waals surface area contributed by atoms with Crippen LogP contribution in [-0.2, 0) is 0 Å². The molecule has 4 heteroatoms. The lowest BCUT2D eigenvalue weighted by Crippen LogP contribution is -2.38. The predicted octanol–water partition coefficient (Wildman–Crippen LogP) is 2.62. The second-order valence-corrected chi connectivity index (χ2v) is 5.61. The summed E-state index contributed by atoms with van der Waals surface area (Å²) < 4.78 is 10.6. The highest BCUT2D eigenvalue weighted by atomic mass is 16.5. The van der Waals surface area contributed by atoms with Gasteiger partial charge in [0.2, 0.25) is 0 Å². The number of nitrogens with two attached hydrogens (primary N) is 1. The molecule has 0 amide bonds. The van der Waals surface area contributed by atoms with Gasteiger partial charge in [-0.3, -0.25) is 0 Å². The number of hydrogen-bond acceptors (Lipinski definition) is 4. The first-order chi connectivity index (χ1) is 9.63. The average Bonchev–Trinajstić information content (AvgIpc) is 2.48. The molecule has 0 saturated heterocycles. The van der Waals surface area contributed by atoms with Crippen LogP contribution in [0.3, 0.4) is 0 Å². The van der Waals surface area contributed by atoms with E-state index in [0.29, 0.717) is 18.1 Å². The fraction of sp³-hybridized carbons (Fsp3) is 0.625. The zero-order valence-electron chi connectivity index (χ0n) is 12.7. The molecule has 3 N–H and O–H groups in total. The molecule has 1 aliphatic rings. The second-order valence-electron chi connectivity index (χ2n) is 5.61. The molecule has 2 rings (SSSR count). The molecule has 0 spiro atoms. The van der Waals surface area contributed by atoms with Crippen LogP contribution in [0.4, 0.5) is 0 Å². The van der Waals surface area contributed by atoms with Crippen LogP contribution >= 0.6 is 0 Å². The summed E-state index contributed by atoms with van der Waals surface area (Å²) in [5.74, 6) is 1.55. The van der Waals surface area contributed by atoms with Crippen molar-refractivity contribution in [3.63, 3.8) is 0 Å². The first-order valence-corrected chi connectivity index (χ1v) is 7.37. The molecule has 1 aliphatic carbocycles. The monoisotopic (exact) mass is 278 g/mol. The minimum atomic E-state index is 0.300. The average molecular weight is 278 g/mol. The Morgan fingerprint density at radius 1 is 1.10 bits per heavy atom. The lowest BCUT2D eigenvalue weighted by Gasteiger charge is -2.30. The van der Waals surface area contributed by atoms with Gasteiger partial charge in [-0.1, -0.05) is 6.07 Å². The van der Waals surface area contributed by atoms with Gasteiger partial charge in [0.15, 0.2) is 11.5 Å². The number of rotatable bonds is 5. The summed E-state index contributed by atoms with van der Waals surface area (Å²) >= 11 is 0. The third-order valence-electron chi connectivity index (χ3n) is 4.17. The summed E-state index contributed by atoms with van der Waals surface area (Å²) in [6.07, 6.45) is 4.57. The zero-order valence-corrected chi connectivity index (χ0v) is 12.7. The van der Waals surface area contributed by atoms with Gasteiger partial charge in [-0.05, 0) is 50.3 Å². The van der Waals surface area contributed by atoms with Gasteiger partial charge in [0.25, 0.3) is 0 Å². The van der Waals surface area contributed by atoms with E-state index in [2.05, 4.69) is 18.3 Å². The van der Waals surface area contributed by atoms with E-state index in [1.807, 2.05) is 12.1 Å². The second kappa shape index (κ2) is 6.95. The van der Waals surface area contributed by atoms with Crippen molar-refractivity contribution in [3.05, 3.63) is 23.8 Å². The van der Waals surface area contributed by atoms with Gasteiger partial charge in [-0.2, -0.15) is 0 Å². The van der Waals surface area contributed by atoms with Crippen molar-refractivity contribution in [2.24, 2.45) is 5.73 Å². The van der Waals surface area contributed by atoms with Crippen molar-refractivity contribution in [1.29, 1.82) is 0 Å². The Morgan fingerprint density at radius 3 is 2.35 bits per heavy atom. The number of ether oxygens (including phenoxy) is 2. The highest BCUT2D eigenvalue weighted by Gasteiger charge is 2.20. The Balaban J connectivity index is 2.00. The van der Waals surface area contributed by atoms with E-state index < -0.39 is 0 Å². The van der Waals surface area contributed by atoms with Gasteiger partial charge in [0.05, 0.1) is 14.2 Å². The molecule has 0 radical (unpaired) electrons. The third kappa shape index (κ3) is 3.64. The molecule has 4 nitrogen and oxygen atoms in total. The van der Waals surface area contributed by atoms with Crippen molar-refractivity contribution < 1.29 is 9.47 Å². The quantitative estimate of drug-likeness (QED) is 0.869. The molecule has 20 heavy (non-hydrogen) atoms. The van der Waals surface area contributed by atoms with Crippen molar-refractivity contribution in [2.45, 2.75) is 50.7 Å². The number of methoxy groups -OCH3 is 2. The van der Waals surface area contributed by atoms with E-state index in [1.165, 1.54) is 18.4 Å². The van der Waals surface area contributed by atoms with E-state index in [0.717, 1.165) is 24.3 Å². The van der Waals surface area contributed by atoms with Crippen LogP contribution in [0, 0.1) is 0 Å². The largest absolute Gasteiger partial charge is 0.493 e. The van der Waals surface area contributed by atoms with Crippen LogP contribution in [0.25, 0.3) is 0 Å². The van der Waals surface area contributed by atoms with Crippen LogP contribution in [0.15, 0.2) is 18.2 Å². The molecule has 1 unspecified atom stereocenters. The molecule has 1 fully saturated rings. The molecule has 1 atom stereocenters. The topological polar surface area (TPSA) is 56.5 Å². The molecule has 0 bridgehead atoms. The van der Waals surface area contributed by atoms with Crippen LogP contribution in [0.5, 0.6) is 11.5 Å². The highest BCUT2D eigenvalue weighted by Crippen LogP contribution is 2.30. The first kappa shape index (κ1) is 15.1. The first-order valence-electron chi connectivity index (χ1n) is 7.37. The fourth-order valence-electron chi connectivity index (χ4n) is 2.86. The minimum absolute atomic E-state index is 0.300. The molecular weight excluding hydrogens is 252 g/mol. The van der Waals surface area contributed by atoms with Crippen molar-refractivity contribution >= 4 is 0 Å². The highest BCUT2D eigenvalue weighted by molar-refractivity contribution is 5.43. The summed E-state index contributed by atoms with van der Waals surface area (Å²) in [4.78, 5) is 0. The Hall–Kier alpha value is -1.26. The Labute approximate surface area is 121 Å². The van der Waals surface area contributed by atoms with Crippen LogP contribution in [0.1, 0.15) is 44.2 Å². The maximum atomic E-state index is 5.95. The molecule has 1 aromatic rings. The number of benzene rings is 1. The molecule has 0 heterocycles. The normalized spacial score (nSPS) is 24.2. The van der Waals surface area contributed by atoms with Crippen molar-refractivity contribution in [1.82, 2.24) is 5.32 Å². The predicted molar refractivity (Wildman–Crippen MR) is 81.3 cm³/mol. The SMILES string of the molecule is COc1ccc(C(C)NC2CCC(N)CC2)cc1OC. The number of hydrogen-bond donors (Lipinski definition) is 2. The molecule has 0 aliphatic heterocycles. The molecule has 1 aromatic carbocycles. The lowest BCUT2D eigenvalue weighted by atomic mass is 9.91. The third-order valence-corrected chi connectivity index (χ3v) is 4.17. The Bertz CT molecular complexity index is 428. The zero-order chi connectivity index (χ0) is 14.5. The van der Waals surface area contributed by atoms with E-state index in [4.69, 9.17) is 15.2 Å². The summed E-state index contributed by atoms with van der Waals surface area (Å²) in [7, 11) is 3.33. The van der Waals surface area contributed by atoms with E-state index in [-0.39, 0.29) is 0 Å². The molecule has 1 saturated carbocycles. The van der Waals surface area contributed by atoms with Gasteiger partial charge >= 0.3 is 0 Å². The van der Waals surface area contributed by atoms with Crippen molar-refractivity contribution in [2.75, 3.05) is 14.2 Å². The molecule has 0 aromatic heterocycles. The summed E-state index contributed by atoms with van der Waals surface area (Å²) in [5, 5.41) is 3.69. The fourth-order valence-corrected chi connectivity index (χ4v) is 2.86.